The standard InChI is InChI=1S/C25H28N4OS/c1-17-7-5-6-8-21(17)29-23(30)22(13-20-14-26-16-27-20)28(24(29)31)15-18-9-11-19(12-10-18)25(2,3)4/h5-12,14,16,22H,13,15H2,1-4H3,(H,26,27). The number of aryl methyl sites for hydroxylation is 1. The number of carbonyl (C=O) groups excluding carboxylic acids is 1. The van der Waals surface area contributed by atoms with E-state index in [0.717, 1.165) is 22.5 Å². The molecule has 1 unspecified atom stereocenters. The van der Waals surface area contributed by atoms with Gasteiger partial charge in [-0.15, -0.1) is 0 Å². The molecule has 0 bridgehead atoms. The smallest absolute Gasteiger partial charge is 0.256 e. The van der Waals surface area contributed by atoms with Gasteiger partial charge in [0.15, 0.2) is 5.11 Å². The predicted octanol–water partition coefficient (Wildman–Crippen LogP) is 4.76. The summed E-state index contributed by atoms with van der Waals surface area (Å²) in [5, 5.41) is 0.545. The molecule has 6 heteroatoms. The van der Waals surface area contributed by atoms with Gasteiger partial charge >= 0.3 is 0 Å². The third kappa shape index (κ3) is 4.26. The molecule has 2 heterocycles. The zero-order chi connectivity index (χ0) is 22.2. The number of imidazole rings is 1. The number of rotatable bonds is 5. The number of hydrogen-bond donors (Lipinski definition) is 1. The molecule has 1 saturated heterocycles. The molecule has 3 aromatic rings. The van der Waals surface area contributed by atoms with E-state index in [-0.39, 0.29) is 17.4 Å². The van der Waals surface area contributed by atoms with Gasteiger partial charge in [0.2, 0.25) is 0 Å². The van der Waals surface area contributed by atoms with Crippen molar-refractivity contribution in [3.63, 3.8) is 0 Å². The van der Waals surface area contributed by atoms with Crippen LogP contribution >= 0.6 is 12.2 Å². The molecule has 2 aromatic carbocycles. The van der Waals surface area contributed by atoms with Crippen LogP contribution in [0.2, 0.25) is 0 Å². The van der Waals surface area contributed by atoms with Crippen molar-refractivity contribution in [2.24, 2.45) is 0 Å². The van der Waals surface area contributed by atoms with Gasteiger partial charge in [0, 0.05) is 24.9 Å². The number of aromatic nitrogens is 2. The van der Waals surface area contributed by atoms with Gasteiger partial charge in [0.05, 0.1) is 12.0 Å². The van der Waals surface area contributed by atoms with Gasteiger partial charge in [0.25, 0.3) is 5.91 Å². The number of nitrogens with one attached hydrogen (secondary N) is 1. The van der Waals surface area contributed by atoms with Crippen LogP contribution < -0.4 is 4.90 Å². The molecule has 5 nitrogen and oxygen atoms in total. The molecule has 1 amide bonds. The first-order valence-electron chi connectivity index (χ1n) is 10.5. The van der Waals surface area contributed by atoms with Crippen molar-refractivity contribution in [2.45, 2.75) is 52.1 Å². The number of nitrogens with zero attached hydrogens (tertiary/aromatic N) is 3. The van der Waals surface area contributed by atoms with Crippen molar-refractivity contribution in [3.05, 3.63) is 83.4 Å². The highest BCUT2D eigenvalue weighted by Gasteiger charge is 2.43. The maximum absolute atomic E-state index is 13.5. The Morgan fingerprint density at radius 1 is 1.10 bits per heavy atom. The molecule has 0 aliphatic carbocycles. The van der Waals surface area contributed by atoms with E-state index in [1.165, 1.54) is 5.56 Å². The molecule has 0 radical (unpaired) electrons. The van der Waals surface area contributed by atoms with Crippen LogP contribution in [0.5, 0.6) is 0 Å². The summed E-state index contributed by atoms with van der Waals surface area (Å²) in [6, 6.07) is 16.1. The average molecular weight is 433 g/mol. The SMILES string of the molecule is Cc1ccccc1N1C(=O)C(Cc2cnc[nH]2)N(Cc2ccc(C(C)(C)C)cc2)C1=S. The van der Waals surface area contributed by atoms with Crippen LogP contribution in [0, 0.1) is 6.92 Å². The van der Waals surface area contributed by atoms with Crippen molar-refractivity contribution in [2.75, 3.05) is 4.90 Å². The summed E-state index contributed by atoms with van der Waals surface area (Å²) >= 11 is 5.84. The Hall–Kier alpha value is -2.99. The molecule has 31 heavy (non-hydrogen) atoms. The third-order valence-corrected chi connectivity index (χ3v) is 6.23. The van der Waals surface area contributed by atoms with E-state index in [1.54, 1.807) is 17.4 Å². The average Bonchev–Trinajstić information content (AvgIpc) is 3.31. The topological polar surface area (TPSA) is 52.2 Å². The monoisotopic (exact) mass is 432 g/mol. The number of carbonyl (C=O) groups is 1. The largest absolute Gasteiger partial charge is 0.348 e. The Labute approximate surface area is 189 Å². The first-order valence-corrected chi connectivity index (χ1v) is 10.9. The molecule has 1 aromatic heterocycles. The van der Waals surface area contributed by atoms with Crippen molar-refractivity contribution in [3.8, 4) is 0 Å². The summed E-state index contributed by atoms with van der Waals surface area (Å²) in [6.07, 6.45) is 3.94. The highest BCUT2D eigenvalue weighted by atomic mass is 32.1. The summed E-state index contributed by atoms with van der Waals surface area (Å²) < 4.78 is 0. The first-order chi connectivity index (χ1) is 14.8. The Morgan fingerprint density at radius 3 is 2.42 bits per heavy atom. The zero-order valence-electron chi connectivity index (χ0n) is 18.4. The first kappa shape index (κ1) is 21.2. The number of anilines is 1. The van der Waals surface area contributed by atoms with E-state index in [0.29, 0.717) is 18.1 Å². The van der Waals surface area contributed by atoms with Gasteiger partial charge in [-0.3, -0.25) is 9.69 Å². The summed E-state index contributed by atoms with van der Waals surface area (Å²) in [5.41, 5.74) is 5.30. The number of H-pyrrole nitrogens is 1. The number of para-hydroxylation sites is 1. The second-order valence-electron chi connectivity index (χ2n) is 9.11. The minimum absolute atomic E-state index is 0.000196. The van der Waals surface area contributed by atoms with Crippen LogP contribution in [-0.2, 0) is 23.2 Å². The Kier molecular flexibility index (Phi) is 5.67. The van der Waals surface area contributed by atoms with E-state index in [2.05, 4.69) is 55.0 Å². The molecular formula is C25H28N4OS. The normalized spacial score (nSPS) is 17.0. The fourth-order valence-electron chi connectivity index (χ4n) is 3.96. The predicted molar refractivity (Wildman–Crippen MR) is 128 cm³/mol. The summed E-state index contributed by atoms with van der Waals surface area (Å²) in [7, 11) is 0. The quantitative estimate of drug-likeness (QED) is 0.591. The van der Waals surface area contributed by atoms with Gasteiger partial charge in [-0.2, -0.15) is 0 Å². The lowest BCUT2D eigenvalue weighted by Gasteiger charge is -2.25. The molecule has 4 rings (SSSR count). The van der Waals surface area contributed by atoms with Crippen LogP contribution in [0.15, 0.2) is 61.1 Å². The number of amides is 1. The highest BCUT2D eigenvalue weighted by molar-refractivity contribution is 7.80. The van der Waals surface area contributed by atoms with Crippen LogP contribution in [0.25, 0.3) is 0 Å². The van der Waals surface area contributed by atoms with Crippen molar-refractivity contribution in [1.82, 2.24) is 14.9 Å². The Balaban J connectivity index is 1.66. The van der Waals surface area contributed by atoms with Crippen LogP contribution in [0.4, 0.5) is 5.69 Å². The second kappa shape index (κ2) is 8.27. The van der Waals surface area contributed by atoms with Crippen LogP contribution in [0.3, 0.4) is 0 Å². The third-order valence-electron chi connectivity index (χ3n) is 5.82. The summed E-state index contributed by atoms with van der Waals surface area (Å²) in [5.74, 6) is 0.000196. The highest BCUT2D eigenvalue weighted by Crippen LogP contribution is 2.31. The van der Waals surface area contributed by atoms with Crippen molar-refractivity contribution >= 4 is 28.9 Å². The minimum atomic E-state index is -0.380. The molecule has 0 spiro atoms. The summed E-state index contributed by atoms with van der Waals surface area (Å²) in [4.78, 5) is 24.5. The lowest BCUT2D eigenvalue weighted by Crippen LogP contribution is -2.36. The number of benzene rings is 2. The van der Waals surface area contributed by atoms with Crippen molar-refractivity contribution < 1.29 is 4.79 Å². The fourth-order valence-corrected chi connectivity index (χ4v) is 4.34. The van der Waals surface area contributed by atoms with Crippen molar-refractivity contribution in [1.29, 1.82) is 0 Å². The minimum Gasteiger partial charge on any atom is -0.348 e. The number of hydrogen-bond acceptors (Lipinski definition) is 3. The molecule has 160 valence electrons. The van der Waals surface area contributed by atoms with E-state index in [4.69, 9.17) is 12.2 Å². The van der Waals surface area contributed by atoms with Gasteiger partial charge in [-0.25, -0.2) is 4.98 Å². The van der Waals surface area contributed by atoms with Gasteiger partial charge in [-0.1, -0.05) is 63.2 Å². The Morgan fingerprint density at radius 2 is 1.81 bits per heavy atom. The molecule has 1 N–H and O–H groups in total. The van der Waals surface area contributed by atoms with E-state index < -0.39 is 0 Å². The van der Waals surface area contributed by atoms with E-state index in [1.807, 2.05) is 36.1 Å². The Bertz CT molecular complexity index is 1080. The van der Waals surface area contributed by atoms with Crippen LogP contribution in [0.1, 0.15) is 43.2 Å². The lowest BCUT2D eigenvalue weighted by atomic mass is 9.87. The molecule has 1 aliphatic heterocycles. The molecule has 0 saturated carbocycles. The van der Waals surface area contributed by atoms with Crippen LogP contribution in [-0.4, -0.2) is 31.9 Å². The second-order valence-corrected chi connectivity index (χ2v) is 9.48. The number of aromatic amines is 1. The molecule has 1 fully saturated rings. The molecule has 1 atom stereocenters. The number of thiocarbonyl (C=S) groups is 1. The fraction of sp³-hybridized carbons (Fsp3) is 0.320. The van der Waals surface area contributed by atoms with E-state index >= 15 is 0 Å². The molecular weight excluding hydrogens is 404 g/mol. The van der Waals surface area contributed by atoms with E-state index in [9.17, 15) is 4.79 Å². The maximum Gasteiger partial charge on any atom is 0.256 e. The van der Waals surface area contributed by atoms with Gasteiger partial charge in [-0.05, 0) is 47.3 Å². The van der Waals surface area contributed by atoms with Gasteiger partial charge in [0.1, 0.15) is 6.04 Å². The van der Waals surface area contributed by atoms with Gasteiger partial charge < -0.3 is 9.88 Å². The lowest BCUT2D eigenvalue weighted by molar-refractivity contribution is -0.119. The molecule has 1 aliphatic rings. The zero-order valence-corrected chi connectivity index (χ0v) is 19.2. The summed E-state index contributed by atoms with van der Waals surface area (Å²) in [6.45, 7) is 9.20. The maximum atomic E-state index is 13.5.